The fourth-order valence-electron chi connectivity index (χ4n) is 3.39. The molecule has 2 heteroatoms. The van der Waals surface area contributed by atoms with Gasteiger partial charge >= 0.3 is 0 Å². The molecule has 0 saturated heterocycles. The van der Waals surface area contributed by atoms with E-state index in [0.29, 0.717) is 12.0 Å². The molecule has 1 atom stereocenters. The number of nitrogens with zero attached hydrogens (tertiary/aromatic N) is 1. The quantitative estimate of drug-likeness (QED) is 0.850. The molecule has 0 amide bonds. The van der Waals surface area contributed by atoms with E-state index in [1.807, 2.05) is 12.1 Å². The predicted octanol–water partition coefficient (Wildman–Crippen LogP) is 3.93. The molecule has 0 aromatic heterocycles. The summed E-state index contributed by atoms with van der Waals surface area (Å²) in [5.74, 6) is 0.652. The molecular weight excluding hydrogens is 246 g/mol. The molecule has 0 aliphatic heterocycles. The van der Waals surface area contributed by atoms with Crippen LogP contribution in [0.1, 0.15) is 56.8 Å². The summed E-state index contributed by atoms with van der Waals surface area (Å²) in [6, 6.07) is 8.88. The Morgan fingerprint density at radius 3 is 2.40 bits per heavy atom. The van der Waals surface area contributed by atoms with E-state index in [9.17, 15) is 5.11 Å². The van der Waals surface area contributed by atoms with Gasteiger partial charge in [0, 0.05) is 19.1 Å². The highest BCUT2D eigenvalue weighted by atomic mass is 16.3. The van der Waals surface area contributed by atoms with Crippen LogP contribution in [-0.4, -0.2) is 29.1 Å². The molecular formula is C18H29NO. The zero-order chi connectivity index (χ0) is 14.5. The Morgan fingerprint density at radius 1 is 1.15 bits per heavy atom. The zero-order valence-corrected chi connectivity index (χ0v) is 13.2. The van der Waals surface area contributed by atoms with E-state index >= 15 is 0 Å². The first-order valence-corrected chi connectivity index (χ1v) is 8.05. The number of aryl methyl sites for hydroxylation is 1. The van der Waals surface area contributed by atoms with Crippen molar-refractivity contribution in [3.63, 3.8) is 0 Å². The summed E-state index contributed by atoms with van der Waals surface area (Å²) < 4.78 is 0. The molecule has 0 heterocycles. The molecule has 2 rings (SSSR count). The maximum Gasteiger partial charge on any atom is 0.0919 e. The van der Waals surface area contributed by atoms with Crippen molar-refractivity contribution in [2.75, 3.05) is 13.1 Å². The SMILES string of the molecule is Cc1ccccc1C(O)CN(CC(C)C)C1CCCC1. The molecule has 1 aromatic carbocycles. The Balaban J connectivity index is 2.04. The predicted molar refractivity (Wildman–Crippen MR) is 84.8 cm³/mol. The third kappa shape index (κ3) is 4.07. The van der Waals surface area contributed by atoms with Crippen molar-refractivity contribution in [1.82, 2.24) is 4.90 Å². The highest BCUT2D eigenvalue weighted by Gasteiger charge is 2.25. The monoisotopic (exact) mass is 275 g/mol. The average molecular weight is 275 g/mol. The lowest BCUT2D eigenvalue weighted by atomic mass is 10.0. The van der Waals surface area contributed by atoms with Crippen LogP contribution < -0.4 is 0 Å². The summed E-state index contributed by atoms with van der Waals surface area (Å²) in [6.07, 6.45) is 4.93. The van der Waals surface area contributed by atoms with E-state index in [-0.39, 0.29) is 6.10 Å². The first-order chi connectivity index (χ1) is 9.58. The minimum Gasteiger partial charge on any atom is -0.387 e. The summed E-state index contributed by atoms with van der Waals surface area (Å²) in [5, 5.41) is 10.6. The first kappa shape index (κ1) is 15.5. The molecule has 2 nitrogen and oxygen atoms in total. The smallest absolute Gasteiger partial charge is 0.0919 e. The Kier molecular flexibility index (Phi) is 5.62. The van der Waals surface area contributed by atoms with Crippen LogP contribution in [0, 0.1) is 12.8 Å². The van der Waals surface area contributed by atoms with E-state index in [1.54, 1.807) is 0 Å². The molecule has 0 spiro atoms. The van der Waals surface area contributed by atoms with Crippen molar-refractivity contribution in [3.05, 3.63) is 35.4 Å². The van der Waals surface area contributed by atoms with Gasteiger partial charge in [-0.25, -0.2) is 0 Å². The van der Waals surface area contributed by atoms with Crippen LogP contribution in [0.25, 0.3) is 0 Å². The van der Waals surface area contributed by atoms with Crippen LogP contribution in [0.3, 0.4) is 0 Å². The number of hydrogen-bond donors (Lipinski definition) is 1. The Hall–Kier alpha value is -0.860. The van der Waals surface area contributed by atoms with Crippen LogP contribution >= 0.6 is 0 Å². The van der Waals surface area contributed by atoms with Gasteiger partial charge in [-0.1, -0.05) is 51.0 Å². The molecule has 0 radical (unpaired) electrons. The van der Waals surface area contributed by atoms with E-state index in [2.05, 4.69) is 37.8 Å². The summed E-state index contributed by atoms with van der Waals surface area (Å²) in [5.41, 5.74) is 2.27. The van der Waals surface area contributed by atoms with Gasteiger partial charge in [0.05, 0.1) is 6.10 Å². The van der Waals surface area contributed by atoms with Gasteiger partial charge in [0.1, 0.15) is 0 Å². The van der Waals surface area contributed by atoms with Gasteiger partial charge in [0.15, 0.2) is 0 Å². The number of rotatable bonds is 6. The molecule has 20 heavy (non-hydrogen) atoms. The van der Waals surface area contributed by atoms with Crippen molar-refractivity contribution in [2.24, 2.45) is 5.92 Å². The highest BCUT2D eigenvalue weighted by Crippen LogP contribution is 2.27. The maximum atomic E-state index is 10.6. The third-order valence-electron chi connectivity index (χ3n) is 4.40. The lowest BCUT2D eigenvalue weighted by Crippen LogP contribution is -2.39. The number of aliphatic hydroxyl groups excluding tert-OH is 1. The van der Waals surface area contributed by atoms with Gasteiger partial charge in [-0.15, -0.1) is 0 Å². The van der Waals surface area contributed by atoms with E-state index < -0.39 is 0 Å². The highest BCUT2D eigenvalue weighted by molar-refractivity contribution is 5.27. The molecule has 1 N–H and O–H groups in total. The van der Waals surface area contributed by atoms with Crippen LogP contribution in [-0.2, 0) is 0 Å². The molecule has 0 bridgehead atoms. The lowest BCUT2D eigenvalue weighted by Gasteiger charge is -2.32. The minimum absolute atomic E-state index is 0.365. The molecule has 1 fully saturated rings. The molecule has 1 saturated carbocycles. The second kappa shape index (κ2) is 7.24. The van der Waals surface area contributed by atoms with Gasteiger partial charge in [-0.3, -0.25) is 4.90 Å². The fraction of sp³-hybridized carbons (Fsp3) is 0.667. The Labute approximate surface area is 123 Å². The van der Waals surface area contributed by atoms with Crippen molar-refractivity contribution < 1.29 is 5.11 Å². The van der Waals surface area contributed by atoms with Gasteiger partial charge in [0.2, 0.25) is 0 Å². The van der Waals surface area contributed by atoms with E-state index in [1.165, 1.54) is 31.2 Å². The first-order valence-electron chi connectivity index (χ1n) is 8.05. The van der Waals surface area contributed by atoms with Gasteiger partial charge in [-0.05, 0) is 36.8 Å². The Morgan fingerprint density at radius 2 is 1.80 bits per heavy atom. The van der Waals surface area contributed by atoms with Crippen molar-refractivity contribution in [3.8, 4) is 0 Å². The standard InChI is InChI=1S/C18H29NO/c1-14(2)12-19(16-9-5-6-10-16)13-18(20)17-11-7-4-8-15(17)3/h4,7-8,11,14,16,18,20H,5-6,9-10,12-13H2,1-3H3. The van der Waals surface area contributed by atoms with Crippen molar-refractivity contribution in [1.29, 1.82) is 0 Å². The Bertz CT molecular complexity index is 410. The third-order valence-corrected chi connectivity index (χ3v) is 4.40. The average Bonchev–Trinajstić information content (AvgIpc) is 2.91. The van der Waals surface area contributed by atoms with Gasteiger partial charge in [-0.2, -0.15) is 0 Å². The van der Waals surface area contributed by atoms with Crippen LogP contribution in [0.4, 0.5) is 0 Å². The minimum atomic E-state index is -0.365. The van der Waals surface area contributed by atoms with Crippen molar-refractivity contribution in [2.45, 2.75) is 58.6 Å². The number of aliphatic hydroxyl groups is 1. The molecule has 1 aromatic rings. The zero-order valence-electron chi connectivity index (χ0n) is 13.2. The van der Waals surface area contributed by atoms with E-state index in [0.717, 1.165) is 18.7 Å². The summed E-state index contributed by atoms with van der Waals surface area (Å²) in [4.78, 5) is 2.52. The summed E-state index contributed by atoms with van der Waals surface area (Å²) in [6.45, 7) is 8.48. The second-order valence-corrected chi connectivity index (χ2v) is 6.66. The number of benzene rings is 1. The van der Waals surface area contributed by atoms with Crippen LogP contribution in [0.5, 0.6) is 0 Å². The maximum absolute atomic E-state index is 10.6. The summed E-state index contributed by atoms with van der Waals surface area (Å²) in [7, 11) is 0. The van der Waals surface area contributed by atoms with Crippen LogP contribution in [0.2, 0.25) is 0 Å². The molecule has 1 unspecified atom stereocenters. The largest absolute Gasteiger partial charge is 0.387 e. The molecule has 112 valence electrons. The van der Waals surface area contributed by atoms with Crippen LogP contribution in [0.15, 0.2) is 24.3 Å². The topological polar surface area (TPSA) is 23.5 Å². The second-order valence-electron chi connectivity index (χ2n) is 6.66. The molecule has 1 aliphatic rings. The van der Waals surface area contributed by atoms with Gasteiger partial charge in [0.25, 0.3) is 0 Å². The number of hydrogen-bond acceptors (Lipinski definition) is 2. The van der Waals surface area contributed by atoms with E-state index in [4.69, 9.17) is 0 Å². The molecule has 1 aliphatic carbocycles. The normalized spacial score (nSPS) is 18.1. The fourth-order valence-corrected chi connectivity index (χ4v) is 3.39. The van der Waals surface area contributed by atoms with Crippen molar-refractivity contribution >= 4 is 0 Å². The lowest BCUT2D eigenvalue weighted by molar-refractivity contribution is 0.0792. The summed E-state index contributed by atoms with van der Waals surface area (Å²) >= 11 is 0. The van der Waals surface area contributed by atoms with Gasteiger partial charge < -0.3 is 5.11 Å².